The van der Waals surface area contributed by atoms with Crippen molar-refractivity contribution in [1.29, 1.82) is 0 Å². The average Bonchev–Trinajstić information content (AvgIpc) is 2.20. The van der Waals surface area contributed by atoms with Gasteiger partial charge in [0.25, 0.3) is 0 Å². The highest BCUT2D eigenvalue weighted by Crippen LogP contribution is 2.34. The summed E-state index contributed by atoms with van der Waals surface area (Å²) < 4.78 is 2.41. The zero-order valence-electron chi connectivity index (χ0n) is 7.68. The zero-order valence-corrected chi connectivity index (χ0v) is 12.7. The first-order chi connectivity index (χ1) is 7.20. The van der Waals surface area contributed by atoms with Gasteiger partial charge in [-0.05, 0) is 68.9 Å². The van der Waals surface area contributed by atoms with Crippen molar-refractivity contribution in [2.45, 2.75) is 0 Å². The Morgan fingerprint density at radius 1 is 0.800 bits per heavy atom. The molecule has 2 rings (SSSR count). The van der Waals surface area contributed by atoms with E-state index in [4.69, 9.17) is 11.6 Å². The third kappa shape index (κ3) is 2.47. The van der Waals surface area contributed by atoms with Crippen LogP contribution in [0.15, 0.2) is 42.5 Å². The predicted molar refractivity (Wildman–Crippen MR) is 82.3 cm³/mol. The van der Waals surface area contributed by atoms with Crippen LogP contribution in [0.2, 0.25) is 5.02 Å². The Balaban J connectivity index is 2.69. The van der Waals surface area contributed by atoms with Crippen LogP contribution >= 0.6 is 56.8 Å². The molecule has 0 saturated heterocycles. The van der Waals surface area contributed by atoms with Crippen LogP contribution in [0.25, 0.3) is 11.1 Å². The van der Waals surface area contributed by atoms with Gasteiger partial charge in [0, 0.05) is 17.7 Å². The summed E-state index contributed by atoms with van der Waals surface area (Å²) in [5, 5.41) is 0.811. The molecule has 15 heavy (non-hydrogen) atoms. The van der Waals surface area contributed by atoms with Gasteiger partial charge < -0.3 is 0 Å². The van der Waals surface area contributed by atoms with Crippen molar-refractivity contribution in [3.8, 4) is 11.1 Å². The first kappa shape index (κ1) is 11.7. The highest BCUT2D eigenvalue weighted by atomic mass is 127. The molecule has 0 heterocycles. The summed E-state index contributed by atoms with van der Waals surface area (Å²) in [6.07, 6.45) is 0. The Hall–Kier alpha value is 0.190. The van der Waals surface area contributed by atoms with Crippen LogP contribution in [-0.4, -0.2) is 0 Å². The van der Waals surface area contributed by atoms with Gasteiger partial charge in [0.15, 0.2) is 0 Å². The highest BCUT2D eigenvalue weighted by Gasteiger charge is 2.09. The number of hydrogen-bond acceptors (Lipinski definition) is 0. The topological polar surface area (TPSA) is 0 Å². The summed E-state index contributed by atoms with van der Waals surface area (Å²) in [6, 6.07) is 14.3. The summed E-state index contributed by atoms with van der Waals surface area (Å²) >= 11 is 10.9. The third-order valence-electron chi connectivity index (χ3n) is 2.11. The number of halogens is 3. The molecule has 0 radical (unpaired) electrons. The lowest BCUT2D eigenvalue weighted by Gasteiger charge is -2.08. The molecule has 0 unspecified atom stereocenters. The summed E-state index contributed by atoms with van der Waals surface area (Å²) in [5.41, 5.74) is 2.33. The molecule has 76 valence electrons. The maximum Gasteiger partial charge on any atom is 0.0495 e. The molecule has 2 aromatic rings. The molecule has 0 nitrogen and oxygen atoms in total. The first-order valence-electron chi connectivity index (χ1n) is 4.39. The standard InChI is InChI=1S/C12H7ClI2/c13-9-5-3-7-11(15)12(9)8-4-1-2-6-10(8)14/h1-7H. The quantitative estimate of drug-likeness (QED) is 0.534. The van der Waals surface area contributed by atoms with E-state index in [1.807, 2.05) is 24.3 Å². The van der Waals surface area contributed by atoms with E-state index in [-0.39, 0.29) is 0 Å². The zero-order chi connectivity index (χ0) is 10.8. The Labute approximate surface area is 121 Å². The Bertz CT molecular complexity index is 474. The lowest BCUT2D eigenvalue weighted by atomic mass is 10.1. The molecule has 0 fully saturated rings. The minimum absolute atomic E-state index is 0.811. The highest BCUT2D eigenvalue weighted by molar-refractivity contribution is 14.1. The van der Waals surface area contributed by atoms with E-state index in [1.165, 1.54) is 12.7 Å². The second-order valence-electron chi connectivity index (χ2n) is 3.08. The molecule has 0 amide bonds. The normalized spacial score (nSPS) is 10.3. The van der Waals surface area contributed by atoms with Crippen molar-refractivity contribution in [2.75, 3.05) is 0 Å². The van der Waals surface area contributed by atoms with Gasteiger partial charge in [0.1, 0.15) is 0 Å². The lowest BCUT2D eigenvalue weighted by molar-refractivity contribution is 1.55. The Kier molecular flexibility index (Phi) is 3.90. The minimum Gasteiger partial charge on any atom is -0.0836 e. The monoisotopic (exact) mass is 440 g/mol. The summed E-state index contributed by atoms with van der Waals surface area (Å²) in [5.74, 6) is 0. The molecule has 2 aromatic carbocycles. The van der Waals surface area contributed by atoms with Gasteiger partial charge in [-0.2, -0.15) is 0 Å². The first-order valence-corrected chi connectivity index (χ1v) is 6.92. The van der Waals surface area contributed by atoms with Crippen molar-refractivity contribution in [2.24, 2.45) is 0 Å². The molecule has 0 bridgehead atoms. The maximum absolute atomic E-state index is 6.23. The molecule has 3 heteroatoms. The molecule has 0 aliphatic carbocycles. The SMILES string of the molecule is Clc1cccc(I)c1-c1ccccc1I. The summed E-state index contributed by atoms with van der Waals surface area (Å²) in [4.78, 5) is 0. The van der Waals surface area contributed by atoms with E-state index in [1.54, 1.807) is 0 Å². The van der Waals surface area contributed by atoms with Gasteiger partial charge in [-0.25, -0.2) is 0 Å². The molecule has 0 N–H and O–H groups in total. The number of benzene rings is 2. The smallest absolute Gasteiger partial charge is 0.0495 e. The molecule has 0 aliphatic heterocycles. The predicted octanol–water partition coefficient (Wildman–Crippen LogP) is 5.22. The summed E-state index contributed by atoms with van der Waals surface area (Å²) in [7, 11) is 0. The van der Waals surface area contributed by atoms with E-state index in [0.29, 0.717) is 0 Å². The minimum atomic E-state index is 0.811. The fraction of sp³-hybridized carbons (Fsp3) is 0. The van der Waals surface area contributed by atoms with Gasteiger partial charge >= 0.3 is 0 Å². The van der Waals surface area contributed by atoms with Crippen LogP contribution in [0.1, 0.15) is 0 Å². The van der Waals surface area contributed by atoms with E-state index in [9.17, 15) is 0 Å². The molecule has 0 aliphatic rings. The van der Waals surface area contributed by atoms with Gasteiger partial charge in [-0.3, -0.25) is 0 Å². The Morgan fingerprint density at radius 3 is 2.13 bits per heavy atom. The van der Waals surface area contributed by atoms with Crippen LogP contribution < -0.4 is 0 Å². The van der Waals surface area contributed by atoms with Crippen molar-refractivity contribution < 1.29 is 0 Å². The maximum atomic E-state index is 6.23. The molecule has 0 saturated carbocycles. The van der Waals surface area contributed by atoms with Crippen molar-refractivity contribution in [3.63, 3.8) is 0 Å². The fourth-order valence-electron chi connectivity index (χ4n) is 1.42. The average molecular weight is 440 g/mol. The van der Waals surface area contributed by atoms with Gasteiger partial charge in [0.05, 0.1) is 0 Å². The van der Waals surface area contributed by atoms with E-state index in [0.717, 1.165) is 10.6 Å². The second kappa shape index (κ2) is 5.01. The number of rotatable bonds is 1. The molecule has 0 aromatic heterocycles. The summed E-state index contributed by atoms with van der Waals surface area (Å²) in [6.45, 7) is 0. The molecular weight excluding hydrogens is 433 g/mol. The largest absolute Gasteiger partial charge is 0.0836 e. The van der Waals surface area contributed by atoms with Crippen LogP contribution in [-0.2, 0) is 0 Å². The van der Waals surface area contributed by atoms with Gasteiger partial charge in [0.2, 0.25) is 0 Å². The second-order valence-corrected chi connectivity index (χ2v) is 5.81. The van der Waals surface area contributed by atoms with Crippen molar-refractivity contribution >= 4 is 56.8 Å². The van der Waals surface area contributed by atoms with Gasteiger partial charge in [-0.15, -0.1) is 0 Å². The lowest BCUT2D eigenvalue weighted by Crippen LogP contribution is -1.87. The fourth-order valence-corrected chi connectivity index (χ4v) is 3.30. The van der Waals surface area contributed by atoms with Crippen LogP contribution in [0.5, 0.6) is 0 Å². The van der Waals surface area contributed by atoms with Crippen LogP contribution in [0, 0.1) is 7.14 Å². The van der Waals surface area contributed by atoms with E-state index in [2.05, 4.69) is 63.4 Å². The van der Waals surface area contributed by atoms with Crippen molar-refractivity contribution in [1.82, 2.24) is 0 Å². The number of hydrogen-bond donors (Lipinski definition) is 0. The Morgan fingerprint density at radius 2 is 1.47 bits per heavy atom. The van der Waals surface area contributed by atoms with E-state index >= 15 is 0 Å². The van der Waals surface area contributed by atoms with Crippen molar-refractivity contribution in [3.05, 3.63) is 54.6 Å². The molecule has 0 spiro atoms. The van der Waals surface area contributed by atoms with Gasteiger partial charge in [-0.1, -0.05) is 35.9 Å². The van der Waals surface area contributed by atoms with E-state index < -0.39 is 0 Å². The molecule has 0 atom stereocenters. The van der Waals surface area contributed by atoms with Crippen LogP contribution in [0.4, 0.5) is 0 Å². The van der Waals surface area contributed by atoms with Crippen LogP contribution in [0.3, 0.4) is 0 Å². The third-order valence-corrected chi connectivity index (χ3v) is 4.26. The molecular formula is C12H7ClI2.